The van der Waals surface area contributed by atoms with Gasteiger partial charge in [0.15, 0.2) is 0 Å². The lowest BCUT2D eigenvalue weighted by atomic mass is 9.52. The van der Waals surface area contributed by atoms with E-state index in [1.165, 1.54) is 5.57 Å². The van der Waals surface area contributed by atoms with Crippen LogP contribution >= 0.6 is 11.6 Å². The highest BCUT2D eigenvalue weighted by molar-refractivity contribution is 6.25. The van der Waals surface area contributed by atoms with Gasteiger partial charge in [-0.25, -0.2) is 0 Å². The van der Waals surface area contributed by atoms with Crippen LogP contribution in [0.25, 0.3) is 16.3 Å². The maximum atomic E-state index is 12.5. The molecular weight excluding hydrogens is 488 g/mol. The van der Waals surface area contributed by atoms with E-state index in [0.29, 0.717) is 6.42 Å². The Hall–Kier alpha value is -1.70. The molecule has 2 aliphatic heterocycles. The van der Waals surface area contributed by atoms with E-state index in [4.69, 9.17) is 16.3 Å². The van der Waals surface area contributed by atoms with Crippen molar-refractivity contribution in [1.82, 2.24) is 9.88 Å². The van der Waals surface area contributed by atoms with Gasteiger partial charge in [0.25, 0.3) is 5.56 Å². The Morgan fingerprint density at radius 3 is 2.68 bits per heavy atom. The Morgan fingerprint density at radius 2 is 1.89 bits per heavy atom. The van der Waals surface area contributed by atoms with Gasteiger partial charge >= 0.3 is 0 Å². The molecule has 9 unspecified atom stereocenters. The van der Waals surface area contributed by atoms with Gasteiger partial charge in [0.05, 0.1) is 28.3 Å². The van der Waals surface area contributed by atoms with Crippen LogP contribution in [0.4, 0.5) is 0 Å². The highest BCUT2D eigenvalue weighted by Gasteiger charge is 2.76. The van der Waals surface area contributed by atoms with E-state index < -0.39 is 28.3 Å². The Kier molecular flexibility index (Phi) is 5.06. The van der Waals surface area contributed by atoms with Crippen molar-refractivity contribution in [3.8, 4) is 0 Å². The van der Waals surface area contributed by atoms with Crippen molar-refractivity contribution in [2.75, 3.05) is 14.1 Å². The monoisotopic (exact) mass is 524 g/mol. The quantitative estimate of drug-likeness (QED) is 0.516. The molecule has 2 saturated carbocycles. The van der Waals surface area contributed by atoms with Crippen LogP contribution < -0.4 is 5.56 Å². The first-order valence-electron chi connectivity index (χ1n) is 13.8. The summed E-state index contributed by atoms with van der Waals surface area (Å²) in [6, 6.07) is 8.04. The highest BCUT2D eigenvalue weighted by Crippen LogP contribution is 2.73. The molecule has 37 heavy (non-hydrogen) atoms. The third-order valence-electron chi connectivity index (χ3n) is 11.3. The topological polar surface area (TPSA) is 85.8 Å². The van der Waals surface area contributed by atoms with E-state index in [9.17, 15) is 15.0 Å². The molecule has 2 aromatic rings. The Morgan fingerprint density at radius 1 is 1.08 bits per heavy atom. The lowest BCUT2D eigenvalue weighted by Gasteiger charge is -2.65. The third kappa shape index (κ3) is 3.00. The molecule has 2 spiro atoms. The van der Waals surface area contributed by atoms with Gasteiger partial charge in [0.1, 0.15) is 0 Å². The molecule has 7 rings (SSSR count). The van der Waals surface area contributed by atoms with Gasteiger partial charge in [-0.1, -0.05) is 25.1 Å². The average Bonchev–Trinajstić information content (AvgIpc) is 3.40. The smallest absolute Gasteiger partial charge is 0.255 e. The van der Waals surface area contributed by atoms with E-state index in [2.05, 4.69) is 24.1 Å². The number of H-pyrrole nitrogens is 1. The van der Waals surface area contributed by atoms with Crippen LogP contribution in [0.3, 0.4) is 0 Å². The summed E-state index contributed by atoms with van der Waals surface area (Å²) >= 11 is 7.61. The second kappa shape index (κ2) is 7.70. The number of aromatic amines is 1. The molecule has 3 N–H and O–H groups in total. The first-order valence-corrected chi connectivity index (χ1v) is 14.2. The number of fused-ring (bicyclic) bond motifs is 2. The molecule has 0 radical (unpaired) electrons. The summed E-state index contributed by atoms with van der Waals surface area (Å²) in [5, 5.41) is 23.9. The van der Waals surface area contributed by atoms with Gasteiger partial charge in [-0.05, 0) is 93.1 Å². The summed E-state index contributed by atoms with van der Waals surface area (Å²) < 4.78 is 7.32. The number of allylic oxidation sites excluding steroid dienone is 2. The van der Waals surface area contributed by atoms with Crippen LogP contribution in [0.5, 0.6) is 0 Å². The predicted molar refractivity (Wildman–Crippen MR) is 145 cm³/mol. The largest absolute Gasteiger partial charge is 0.390 e. The zero-order valence-corrected chi connectivity index (χ0v) is 22.6. The Bertz CT molecular complexity index is 1370. The standard InChI is InChI=1S/C30H37ClN2O4/c1-27-9-11-29(31)15-21-24(34)25(35)22(33(2)3)16-28(21)10-12-30(29,37-28)23(27)7-6-20(27)18-5-4-17-8-13-32-26(36)19(17)14-18/h4-6,8,13-14,21-25,34-35H,7,9-12,15-16H2,1-3H3,(H,32,36). The van der Waals surface area contributed by atoms with Crippen molar-refractivity contribution in [3.63, 3.8) is 0 Å². The van der Waals surface area contributed by atoms with Gasteiger partial charge in [-0.2, -0.15) is 0 Å². The van der Waals surface area contributed by atoms with Crippen LogP contribution in [0.1, 0.15) is 57.4 Å². The normalized spacial score (nSPS) is 46.5. The molecule has 5 aliphatic rings. The molecule has 1 aromatic heterocycles. The number of ether oxygens (including phenoxy) is 1. The lowest BCUT2D eigenvalue weighted by molar-refractivity contribution is -0.276. The highest BCUT2D eigenvalue weighted by atomic mass is 35.5. The maximum absolute atomic E-state index is 12.5. The zero-order valence-electron chi connectivity index (χ0n) is 21.8. The van der Waals surface area contributed by atoms with E-state index >= 15 is 0 Å². The second-order valence-corrected chi connectivity index (χ2v) is 13.7. The lowest BCUT2D eigenvalue weighted by Crippen LogP contribution is -2.72. The molecule has 1 aromatic carbocycles. The number of aliphatic hydroxyl groups is 2. The van der Waals surface area contributed by atoms with Crippen molar-refractivity contribution in [2.24, 2.45) is 17.3 Å². The van der Waals surface area contributed by atoms with Gasteiger partial charge in [0, 0.05) is 29.5 Å². The molecule has 4 fully saturated rings. The average molecular weight is 525 g/mol. The van der Waals surface area contributed by atoms with Crippen LogP contribution in [-0.2, 0) is 4.74 Å². The number of halogens is 1. The predicted octanol–water partition coefficient (Wildman–Crippen LogP) is 4.07. The van der Waals surface area contributed by atoms with Gasteiger partial charge < -0.3 is 24.8 Å². The number of alkyl halides is 1. The van der Waals surface area contributed by atoms with Crippen LogP contribution in [0.15, 0.2) is 41.3 Å². The van der Waals surface area contributed by atoms with Gasteiger partial charge in [-0.15, -0.1) is 11.6 Å². The first kappa shape index (κ1) is 24.3. The van der Waals surface area contributed by atoms with E-state index in [1.807, 2.05) is 37.2 Å². The van der Waals surface area contributed by atoms with Crippen LogP contribution in [0.2, 0.25) is 0 Å². The number of aliphatic hydroxyl groups excluding tert-OH is 2. The first-order chi connectivity index (χ1) is 17.5. The fraction of sp³-hybridized carbons (Fsp3) is 0.633. The summed E-state index contributed by atoms with van der Waals surface area (Å²) in [7, 11) is 3.94. The maximum Gasteiger partial charge on any atom is 0.255 e. The van der Waals surface area contributed by atoms with Crippen LogP contribution in [-0.4, -0.2) is 68.5 Å². The number of nitrogens with zero attached hydrogens (tertiary/aromatic N) is 1. The number of aromatic nitrogens is 1. The van der Waals surface area contributed by atoms with Crippen molar-refractivity contribution in [3.05, 3.63) is 52.5 Å². The zero-order chi connectivity index (χ0) is 26.0. The molecule has 0 amide bonds. The van der Waals surface area contributed by atoms with Gasteiger partial charge in [0.2, 0.25) is 0 Å². The number of rotatable bonds is 2. The molecule has 3 aliphatic carbocycles. The van der Waals surface area contributed by atoms with Crippen molar-refractivity contribution < 1.29 is 14.9 Å². The summed E-state index contributed by atoms with van der Waals surface area (Å²) in [5.74, 6) is 0.0744. The molecule has 6 nitrogen and oxygen atoms in total. The molecule has 2 bridgehead atoms. The summed E-state index contributed by atoms with van der Waals surface area (Å²) in [6.07, 6.45) is 8.20. The second-order valence-electron chi connectivity index (χ2n) is 13.0. The van der Waals surface area contributed by atoms with E-state index in [0.717, 1.165) is 54.9 Å². The molecule has 2 saturated heterocycles. The van der Waals surface area contributed by atoms with Crippen molar-refractivity contribution >= 4 is 27.9 Å². The number of benzene rings is 1. The summed E-state index contributed by atoms with van der Waals surface area (Å²) in [4.78, 5) is 16.8. The van der Waals surface area contributed by atoms with Crippen LogP contribution in [0, 0.1) is 17.3 Å². The Labute approximate surface area is 222 Å². The molecule has 198 valence electrons. The number of hydrogen-bond acceptors (Lipinski definition) is 5. The fourth-order valence-electron chi connectivity index (χ4n) is 9.36. The summed E-state index contributed by atoms with van der Waals surface area (Å²) in [5.41, 5.74) is 1.31. The minimum absolute atomic E-state index is 0.0606. The third-order valence-corrected chi connectivity index (χ3v) is 12.0. The SMILES string of the molecule is CN(C)C1CC23CCC4(O2)C2CC=C(c5ccc6cc[nH]c(=O)c6c5)C2(C)CCC4(Cl)CC3C(O)C1O. The fourth-order valence-corrected chi connectivity index (χ4v) is 9.88. The number of hydrogen-bond donors (Lipinski definition) is 3. The minimum atomic E-state index is -0.839. The number of pyridine rings is 1. The summed E-state index contributed by atoms with van der Waals surface area (Å²) in [6.45, 7) is 2.36. The number of nitrogens with one attached hydrogen (secondary N) is 1. The Balaban J connectivity index is 1.28. The molecule has 3 heterocycles. The van der Waals surface area contributed by atoms with Gasteiger partial charge in [-0.3, -0.25) is 4.79 Å². The van der Waals surface area contributed by atoms with E-state index in [1.54, 1.807) is 6.20 Å². The molecular formula is C30H37ClN2O4. The van der Waals surface area contributed by atoms with E-state index in [-0.39, 0.29) is 28.9 Å². The van der Waals surface area contributed by atoms with Crippen molar-refractivity contribution in [1.29, 1.82) is 0 Å². The van der Waals surface area contributed by atoms with Crippen molar-refractivity contribution in [2.45, 2.75) is 86.2 Å². The molecule has 9 atom stereocenters. The molecule has 7 heteroatoms. The minimum Gasteiger partial charge on any atom is -0.390 e. The number of likely N-dealkylation sites (N-methyl/N-ethyl adjacent to an activating group) is 1.